The Hall–Kier alpha value is -2.57. The van der Waals surface area contributed by atoms with Gasteiger partial charge in [0.15, 0.2) is 0 Å². The lowest BCUT2D eigenvalue weighted by molar-refractivity contribution is -0.115. The Balaban J connectivity index is 1.76. The number of hydrogen-bond donors (Lipinski definition) is 1. The van der Waals surface area contributed by atoms with Gasteiger partial charge in [-0.1, -0.05) is 23.2 Å². The summed E-state index contributed by atoms with van der Waals surface area (Å²) < 4.78 is 6.40. The molecule has 3 aromatic rings. The number of rotatable bonds is 4. The first kappa shape index (κ1) is 17.3. The maximum absolute atomic E-state index is 12.3. The Labute approximate surface area is 153 Å². The number of benzene rings is 1. The van der Waals surface area contributed by atoms with Crippen molar-refractivity contribution in [1.29, 1.82) is 0 Å². The third-order valence-electron chi connectivity index (χ3n) is 3.47. The van der Waals surface area contributed by atoms with E-state index in [0.717, 1.165) is 0 Å². The fourth-order valence-electron chi connectivity index (χ4n) is 2.33. The molecule has 0 bridgehead atoms. The molecule has 3 rings (SSSR count). The Bertz CT molecular complexity index is 969. The summed E-state index contributed by atoms with van der Waals surface area (Å²) in [5, 5.41) is 3.58. The van der Waals surface area contributed by atoms with Crippen LogP contribution in [-0.2, 0) is 16.0 Å². The number of nitrogens with zero attached hydrogens (tertiary/aromatic N) is 2. The van der Waals surface area contributed by atoms with E-state index < -0.39 is 5.97 Å². The van der Waals surface area contributed by atoms with Gasteiger partial charge in [0.2, 0.25) is 5.91 Å². The van der Waals surface area contributed by atoms with Gasteiger partial charge in [0.25, 0.3) is 0 Å². The van der Waals surface area contributed by atoms with Gasteiger partial charge in [-0.3, -0.25) is 4.79 Å². The van der Waals surface area contributed by atoms with Crippen LogP contribution in [0, 0.1) is 0 Å². The summed E-state index contributed by atoms with van der Waals surface area (Å²) in [5.41, 5.74) is 1.91. The third kappa shape index (κ3) is 3.92. The van der Waals surface area contributed by atoms with E-state index >= 15 is 0 Å². The van der Waals surface area contributed by atoms with Crippen LogP contribution in [0.1, 0.15) is 16.1 Å². The number of esters is 1. The van der Waals surface area contributed by atoms with Crippen LogP contribution in [0.4, 0.5) is 5.69 Å². The molecule has 1 N–H and O–H groups in total. The molecular formula is C17H13Cl2N3O3. The van der Waals surface area contributed by atoms with E-state index in [0.29, 0.717) is 32.6 Å². The molecular weight excluding hydrogens is 365 g/mol. The van der Waals surface area contributed by atoms with Crippen LogP contribution in [0.2, 0.25) is 10.0 Å². The summed E-state index contributed by atoms with van der Waals surface area (Å²) in [7, 11) is 1.28. The Morgan fingerprint density at radius 1 is 1.20 bits per heavy atom. The summed E-state index contributed by atoms with van der Waals surface area (Å²) in [4.78, 5) is 28.2. The molecule has 6 nitrogen and oxygen atoms in total. The lowest BCUT2D eigenvalue weighted by Crippen LogP contribution is -2.15. The zero-order valence-electron chi connectivity index (χ0n) is 13.1. The van der Waals surface area contributed by atoms with Crippen LogP contribution in [0.5, 0.6) is 0 Å². The number of ether oxygens (including phenoxy) is 1. The standard InChI is InChI=1S/C17H13Cl2N3O3/c1-25-17(24)10-2-4-13(19)14(6-10)21-16(23)7-12-9-22-8-11(18)3-5-15(22)20-12/h2-6,8-9H,7H2,1H3,(H,21,23). The summed E-state index contributed by atoms with van der Waals surface area (Å²) in [5.74, 6) is -0.817. The van der Waals surface area contributed by atoms with E-state index in [1.54, 1.807) is 28.9 Å². The van der Waals surface area contributed by atoms with Crippen molar-refractivity contribution in [3.8, 4) is 0 Å². The molecule has 0 atom stereocenters. The fraction of sp³-hybridized carbons (Fsp3) is 0.118. The second-order valence-corrected chi connectivity index (χ2v) is 6.10. The van der Waals surface area contributed by atoms with Crippen LogP contribution >= 0.6 is 23.2 Å². The number of pyridine rings is 1. The van der Waals surface area contributed by atoms with Crippen LogP contribution in [0.3, 0.4) is 0 Å². The summed E-state index contributed by atoms with van der Waals surface area (Å²) >= 11 is 12.0. The van der Waals surface area contributed by atoms with Crippen molar-refractivity contribution in [3.63, 3.8) is 0 Å². The van der Waals surface area contributed by atoms with Gasteiger partial charge in [-0.25, -0.2) is 9.78 Å². The number of halogens is 2. The van der Waals surface area contributed by atoms with Gasteiger partial charge in [-0.05, 0) is 30.3 Å². The zero-order chi connectivity index (χ0) is 18.0. The maximum atomic E-state index is 12.3. The molecule has 0 aliphatic rings. The molecule has 0 saturated carbocycles. The third-order valence-corrected chi connectivity index (χ3v) is 4.02. The lowest BCUT2D eigenvalue weighted by atomic mass is 10.2. The predicted molar refractivity (Wildman–Crippen MR) is 95.3 cm³/mol. The number of aromatic nitrogens is 2. The number of nitrogens with one attached hydrogen (secondary N) is 1. The lowest BCUT2D eigenvalue weighted by Gasteiger charge is -2.08. The van der Waals surface area contributed by atoms with Crippen molar-refractivity contribution in [2.45, 2.75) is 6.42 Å². The summed E-state index contributed by atoms with van der Waals surface area (Å²) in [6.07, 6.45) is 3.49. The fourth-order valence-corrected chi connectivity index (χ4v) is 2.66. The highest BCUT2D eigenvalue weighted by Crippen LogP contribution is 2.23. The molecule has 25 heavy (non-hydrogen) atoms. The Morgan fingerprint density at radius 2 is 2.00 bits per heavy atom. The van der Waals surface area contributed by atoms with Crippen molar-refractivity contribution >= 4 is 46.4 Å². The van der Waals surface area contributed by atoms with E-state index in [1.807, 2.05) is 0 Å². The zero-order valence-corrected chi connectivity index (χ0v) is 14.6. The van der Waals surface area contributed by atoms with E-state index in [1.165, 1.54) is 25.3 Å². The largest absolute Gasteiger partial charge is 0.465 e. The van der Waals surface area contributed by atoms with Gasteiger partial charge in [0.05, 0.1) is 40.5 Å². The maximum Gasteiger partial charge on any atom is 0.337 e. The molecule has 0 aliphatic carbocycles. The van der Waals surface area contributed by atoms with Crippen molar-refractivity contribution in [1.82, 2.24) is 9.38 Å². The first-order valence-electron chi connectivity index (χ1n) is 7.27. The molecule has 0 spiro atoms. The quantitative estimate of drug-likeness (QED) is 0.704. The smallest absolute Gasteiger partial charge is 0.337 e. The Kier molecular flexibility index (Phi) is 4.92. The van der Waals surface area contributed by atoms with E-state index in [-0.39, 0.29) is 12.3 Å². The van der Waals surface area contributed by atoms with Gasteiger partial charge in [0, 0.05) is 12.4 Å². The summed E-state index contributed by atoms with van der Waals surface area (Å²) in [6, 6.07) is 8.01. The molecule has 0 aliphatic heterocycles. The minimum Gasteiger partial charge on any atom is -0.465 e. The van der Waals surface area contributed by atoms with Gasteiger partial charge < -0.3 is 14.5 Å². The topological polar surface area (TPSA) is 72.7 Å². The molecule has 0 saturated heterocycles. The molecule has 1 amide bonds. The van der Waals surface area contributed by atoms with Gasteiger partial charge in [0.1, 0.15) is 5.65 Å². The summed E-state index contributed by atoms with van der Waals surface area (Å²) in [6.45, 7) is 0. The molecule has 1 aromatic carbocycles. The van der Waals surface area contributed by atoms with Crippen molar-refractivity contribution in [2.75, 3.05) is 12.4 Å². The first-order chi connectivity index (χ1) is 12.0. The van der Waals surface area contributed by atoms with Crippen molar-refractivity contribution in [2.24, 2.45) is 0 Å². The second-order valence-electron chi connectivity index (χ2n) is 5.26. The molecule has 0 fully saturated rings. The van der Waals surface area contributed by atoms with Crippen LogP contribution in [0.15, 0.2) is 42.7 Å². The highest BCUT2D eigenvalue weighted by Gasteiger charge is 2.13. The first-order valence-corrected chi connectivity index (χ1v) is 8.02. The van der Waals surface area contributed by atoms with Crippen molar-refractivity contribution in [3.05, 3.63) is 64.0 Å². The van der Waals surface area contributed by atoms with Gasteiger partial charge >= 0.3 is 5.97 Å². The van der Waals surface area contributed by atoms with E-state index in [4.69, 9.17) is 23.2 Å². The van der Waals surface area contributed by atoms with Crippen LogP contribution in [0.25, 0.3) is 5.65 Å². The number of methoxy groups -OCH3 is 1. The number of fused-ring (bicyclic) bond motifs is 1. The monoisotopic (exact) mass is 377 g/mol. The van der Waals surface area contributed by atoms with E-state index in [2.05, 4.69) is 15.0 Å². The average molecular weight is 378 g/mol. The van der Waals surface area contributed by atoms with Crippen molar-refractivity contribution < 1.29 is 14.3 Å². The second kappa shape index (κ2) is 7.13. The molecule has 0 unspecified atom stereocenters. The Morgan fingerprint density at radius 3 is 2.76 bits per heavy atom. The van der Waals surface area contributed by atoms with Gasteiger partial charge in [-0.2, -0.15) is 0 Å². The number of hydrogen-bond acceptors (Lipinski definition) is 4. The van der Waals surface area contributed by atoms with Crippen LogP contribution in [-0.4, -0.2) is 28.4 Å². The normalized spacial score (nSPS) is 10.7. The molecule has 2 aromatic heterocycles. The minimum absolute atomic E-state index is 0.0537. The SMILES string of the molecule is COC(=O)c1ccc(Cl)c(NC(=O)Cc2cn3cc(Cl)ccc3n2)c1. The molecule has 128 valence electrons. The predicted octanol–water partition coefficient (Wildman–Crippen LogP) is 3.61. The van der Waals surface area contributed by atoms with Crippen LogP contribution < -0.4 is 5.32 Å². The number of carbonyl (C=O) groups excluding carboxylic acids is 2. The number of imidazole rings is 1. The minimum atomic E-state index is -0.510. The van der Waals surface area contributed by atoms with Gasteiger partial charge in [-0.15, -0.1) is 0 Å². The number of carbonyl (C=O) groups is 2. The highest BCUT2D eigenvalue weighted by molar-refractivity contribution is 6.34. The molecule has 2 heterocycles. The molecule has 8 heteroatoms. The highest BCUT2D eigenvalue weighted by atomic mass is 35.5. The average Bonchev–Trinajstić information content (AvgIpc) is 2.97. The number of anilines is 1. The van der Waals surface area contributed by atoms with E-state index in [9.17, 15) is 9.59 Å². The number of amides is 1. The molecule has 0 radical (unpaired) electrons.